The molecule has 1 fully saturated rings. The Balaban J connectivity index is 1.53. The van der Waals surface area contributed by atoms with Gasteiger partial charge in [0.05, 0.1) is 0 Å². The number of aryl methyl sites for hydroxylation is 1. The predicted octanol–water partition coefficient (Wildman–Crippen LogP) is 3.12. The van der Waals surface area contributed by atoms with Crippen molar-refractivity contribution in [3.63, 3.8) is 0 Å². The lowest BCUT2D eigenvalue weighted by molar-refractivity contribution is 0.0279. The van der Waals surface area contributed by atoms with Gasteiger partial charge in [0.1, 0.15) is 5.82 Å². The number of halogens is 1. The summed E-state index contributed by atoms with van der Waals surface area (Å²) in [5.74, 6) is -0.199. The number of rotatable bonds is 7. The van der Waals surface area contributed by atoms with Gasteiger partial charge in [-0.1, -0.05) is 12.1 Å². The molecule has 0 spiro atoms. The molecule has 4 nitrogen and oxygen atoms in total. The number of nitrogens with zero attached hydrogens (tertiary/aromatic N) is 3. The smallest absolute Gasteiger partial charge is 0.123 e. The highest BCUT2D eigenvalue weighted by Crippen LogP contribution is 2.35. The standard InChI is InChI=1S/C20H28FN3O/c1-17(6-11-24-10-3-9-22-24)23-12-7-20(16-25,8-13-23)15-18-4-2-5-19(21)14-18/h2-5,9-10,14,17,25H,6-8,11-13,15-16H2,1H3/t17-/m1/s1. The molecule has 0 aliphatic carbocycles. The molecule has 1 aliphatic rings. The SMILES string of the molecule is C[C@H](CCn1cccn1)N1CCC(CO)(Cc2cccc(F)c2)CC1. The van der Waals surface area contributed by atoms with Crippen molar-refractivity contribution in [1.82, 2.24) is 14.7 Å². The Morgan fingerprint density at radius 3 is 2.72 bits per heavy atom. The Kier molecular flexibility index (Phi) is 5.86. The van der Waals surface area contributed by atoms with Gasteiger partial charge < -0.3 is 10.0 Å². The summed E-state index contributed by atoms with van der Waals surface area (Å²) >= 11 is 0. The molecule has 1 aromatic carbocycles. The van der Waals surface area contributed by atoms with Crippen molar-refractivity contribution in [3.8, 4) is 0 Å². The molecule has 0 amide bonds. The number of hydrogen-bond acceptors (Lipinski definition) is 3. The van der Waals surface area contributed by atoms with Gasteiger partial charge in [-0.2, -0.15) is 5.10 Å². The molecule has 2 heterocycles. The van der Waals surface area contributed by atoms with Crippen molar-refractivity contribution in [2.75, 3.05) is 19.7 Å². The van der Waals surface area contributed by atoms with E-state index < -0.39 is 0 Å². The van der Waals surface area contributed by atoms with E-state index in [-0.39, 0.29) is 17.8 Å². The predicted molar refractivity (Wildman–Crippen MR) is 96.7 cm³/mol. The van der Waals surface area contributed by atoms with Gasteiger partial charge in [0, 0.05) is 31.6 Å². The molecule has 0 bridgehead atoms. The van der Waals surface area contributed by atoms with Crippen molar-refractivity contribution >= 4 is 0 Å². The Bertz CT molecular complexity index is 651. The molecule has 1 saturated heterocycles. The fourth-order valence-electron chi connectivity index (χ4n) is 3.84. The molecule has 1 aliphatic heterocycles. The van der Waals surface area contributed by atoms with Gasteiger partial charge in [-0.15, -0.1) is 0 Å². The van der Waals surface area contributed by atoms with E-state index in [1.807, 2.05) is 29.2 Å². The Morgan fingerprint density at radius 1 is 1.28 bits per heavy atom. The number of piperidine rings is 1. The molecule has 25 heavy (non-hydrogen) atoms. The van der Waals surface area contributed by atoms with Crippen molar-refractivity contribution in [1.29, 1.82) is 0 Å². The molecule has 0 saturated carbocycles. The minimum absolute atomic E-state index is 0.119. The van der Waals surface area contributed by atoms with Crippen LogP contribution < -0.4 is 0 Å². The summed E-state index contributed by atoms with van der Waals surface area (Å²) in [4.78, 5) is 2.50. The zero-order valence-corrected chi connectivity index (χ0v) is 14.9. The number of benzene rings is 1. The van der Waals surface area contributed by atoms with E-state index in [4.69, 9.17) is 0 Å². The van der Waals surface area contributed by atoms with Gasteiger partial charge in [0.25, 0.3) is 0 Å². The molecule has 1 N–H and O–H groups in total. The maximum Gasteiger partial charge on any atom is 0.123 e. The summed E-state index contributed by atoms with van der Waals surface area (Å²) in [6.45, 7) is 5.33. The van der Waals surface area contributed by atoms with Gasteiger partial charge in [-0.25, -0.2) is 4.39 Å². The van der Waals surface area contributed by atoms with Crippen LogP contribution in [0.1, 0.15) is 31.7 Å². The van der Waals surface area contributed by atoms with Crippen molar-refractivity contribution < 1.29 is 9.50 Å². The molecule has 2 aromatic rings. The number of hydrogen-bond donors (Lipinski definition) is 1. The van der Waals surface area contributed by atoms with Gasteiger partial charge in [0.2, 0.25) is 0 Å². The van der Waals surface area contributed by atoms with Crippen LogP contribution in [0.3, 0.4) is 0 Å². The fraction of sp³-hybridized carbons (Fsp3) is 0.550. The maximum absolute atomic E-state index is 13.4. The highest BCUT2D eigenvalue weighted by Gasteiger charge is 2.35. The number of aliphatic hydroxyl groups excluding tert-OH is 1. The number of aliphatic hydroxyl groups is 1. The van der Waals surface area contributed by atoms with Gasteiger partial charge >= 0.3 is 0 Å². The van der Waals surface area contributed by atoms with Crippen LogP contribution in [0, 0.1) is 11.2 Å². The first-order valence-corrected chi connectivity index (χ1v) is 9.17. The third-order valence-electron chi connectivity index (χ3n) is 5.62. The largest absolute Gasteiger partial charge is 0.396 e. The fourth-order valence-corrected chi connectivity index (χ4v) is 3.84. The van der Waals surface area contributed by atoms with Crippen molar-refractivity contribution in [2.24, 2.45) is 5.41 Å². The molecule has 1 atom stereocenters. The molecule has 136 valence electrons. The second-order valence-corrected chi connectivity index (χ2v) is 7.41. The van der Waals surface area contributed by atoms with E-state index in [0.717, 1.165) is 50.9 Å². The van der Waals surface area contributed by atoms with Crippen LogP contribution in [-0.2, 0) is 13.0 Å². The molecular weight excluding hydrogens is 317 g/mol. The average molecular weight is 345 g/mol. The minimum Gasteiger partial charge on any atom is -0.396 e. The number of likely N-dealkylation sites (tertiary alicyclic amines) is 1. The zero-order valence-electron chi connectivity index (χ0n) is 14.9. The molecule has 0 radical (unpaired) electrons. The van der Waals surface area contributed by atoms with Crippen LogP contribution >= 0.6 is 0 Å². The second-order valence-electron chi connectivity index (χ2n) is 7.41. The zero-order chi connectivity index (χ0) is 17.7. The Labute approximate surface area is 149 Å². The summed E-state index contributed by atoms with van der Waals surface area (Å²) in [5.41, 5.74) is 0.862. The van der Waals surface area contributed by atoms with E-state index in [2.05, 4.69) is 16.9 Å². The first kappa shape index (κ1) is 18.1. The van der Waals surface area contributed by atoms with Crippen LogP contribution in [0.5, 0.6) is 0 Å². The van der Waals surface area contributed by atoms with Crippen LogP contribution in [0.15, 0.2) is 42.7 Å². The molecule has 1 aromatic heterocycles. The maximum atomic E-state index is 13.4. The Hall–Kier alpha value is -1.72. The molecule has 0 unspecified atom stereocenters. The minimum atomic E-state index is -0.199. The van der Waals surface area contributed by atoms with Crippen LogP contribution in [0.25, 0.3) is 0 Å². The third kappa shape index (κ3) is 4.67. The van der Waals surface area contributed by atoms with Gasteiger partial charge in [-0.3, -0.25) is 4.68 Å². The highest BCUT2D eigenvalue weighted by molar-refractivity contribution is 5.18. The van der Waals surface area contributed by atoms with E-state index in [1.54, 1.807) is 12.1 Å². The molecule has 3 rings (SSSR count). The normalized spacial score (nSPS) is 19.0. The summed E-state index contributed by atoms with van der Waals surface area (Å²) in [6.07, 6.45) is 7.53. The third-order valence-corrected chi connectivity index (χ3v) is 5.62. The lowest BCUT2D eigenvalue weighted by atomic mass is 9.74. The van der Waals surface area contributed by atoms with E-state index in [9.17, 15) is 9.50 Å². The quantitative estimate of drug-likeness (QED) is 0.838. The summed E-state index contributed by atoms with van der Waals surface area (Å²) in [5, 5.41) is 14.3. The topological polar surface area (TPSA) is 41.3 Å². The first-order chi connectivity index (χ1) is 12.1. The van der Waals surface area contributed by atoms with E-state index in [1.165, 1.54) is 6.07 Å². The monoisotopic (exact) mass is 345 g/mol. The lowest BCUT2D eigenvalue weighted by Gasteiger charge is -2.43. The molecule has 5 heteroatoms. The first-order valence-electron chi connectivity index (χ1n) is 9.17. The van der Waals surface area contributed by atoms with Gasteiger partial charge in [0.15, 0.2) is 0 Å². The molecular formula is C20H28FN3O. The van der Waals surface area contributed by atoms with E-state index >= 15 is 0 Å². The van der Waals surface area contributed by atoms with Crippen LogP contribution in [0.4, 0.5) is 4.39 Å². The van der Waals surface area contributed by atoms with Crippen LogP contribution in [0.2, 0.25) is 0 Å². The summed E-state index contributed by atoms with van der Waals surface area (Å²) < 4.78 is 15.4. The summed E-state index contributed by atoms with van der Waals surface area (Å²) in [7, 11) is 0. The van der Waals surface area contributed by atoms with Crippen molar-refractivity contribution in [2.45, 2.75) is 45.2 Å². The number of aromatic nitrogens is 2. The highest BCUT2D eigenvalue weighted by atomic mass is 19.1. The Morgan fingerprint density at radius 2 is 2.08 bits per heavy atom. The summed E-state index contributed by atoms with van der Waals surface area (Å²) in [6, 6.07) is 9.22. The average Bonchev–Trinajstić information content (AvgIpc) is 3.14. The van der Waals surface area contributed by atoms with Crippen LogP contribution in [-0.4, -0.2) is 45.5 Å². The van der Waals surface area contributed by atoms with Crippen molar-refractivity contribution in [3.05, 3.63) is 54.1 Å². The van der Waals surface area contributed by atoms with E-state index in [0.29, 0.717) is 6.04 Å². The second kappa shape index (κ2) is 8.11. The van der Waals surface area contributed by atoms with Gasteiger partial charge in [-0.05, 0) is 74.9 Å². The lowest BCUT2D eigenvalue weighted by Crippen LogP contribution is -2.46.